The highest BCUT2D eigenvalue weighted by atomic mass is 35.5. The monoisotopic (exact) mass is 298 g/mol. The van der Waals surface area contributed by atoms with E-state index >= 15 is 0 Å². The topological polar surface area (TPSA) is 69.6 Å². The van der Waals surface area contributed by atoms with Gasteiger partial charge in [0.15, 0.2) is 0 Å². The lowest BCUT2D eigenvalue weighted by atomic mass is 10.2. The molecule has 1 rings (SSSR count). The van der Waals surface area contributed by atoms with Crippen molar-refractivity contribution in [1.29, 1.82) is 0 Å². The van der Waals surface area contributed by atoms with Gasteiger partial charge in [-0.3, -0.25) is 0 Å². The highest BCUT2D eigenvalue weighted by molar-refractivity contribution is 6.33. The first-order valence-electron chi connectivity index (χ1n) is 6.58. The minimum Gasteiger partial charge on any atom is -0.478 e. The zero-order valence-electron chi connectivity index (χ0n) is 11.6. The number of benzene rings is 1. The molecule has 0 radical (unpaired) electrons. The molecule has 0 unspecified atom stereocenters. The summed E-state index contributed by atoms with van der Waals surface area (Å²) in [7, 11) is 0. The van der Waals surface area contributed by atoms with E-state index in [-0.39, 0.29) is 16.6 Å². The Morgan fingerprint density at radius 2 is 1.85 bits per heavy atom. The highest BCUT2D eigenvalue weighted by Gasteiger charge is 2.14. The fraction of sp³-hybridized carbons (Fsp3) is 0.429. The second-order valence-electron chi connectivity index (χ2n) is 4.42. The number of amides is 2. The molecular weight excluding hydrogens is 280 g/mol. The number of urea groups is 1. The van der Waals surface area contributed by atoms with Crippen LogP contribution in [0.15, 0.2) is 18.2 Å². The molecule has 0 aliphatic rings. The first-order valence-corrected chi connectivity index (χ1v) is 6.96. The summed E-state index contributed by atoms with van der Waals surface area (Å²) in [6.07, 6.45) is 1.74. The van der Waals surface area contributed by atoms with Crippen molar-refractivity contribution in [3.05, 3.63) is 28.8 Å². The fourth-order valence-corrected chi connectivity index (χ4v) is 2.02. The van der Waals surface area contributed by atoms with Crippen LogP contribution < -0.4 is 5.32 Å². The summed E-state index contributed by atoms with van der Waals surface area (Å²) in [4.78, 5) is 24.8. The van der Waals surface area contributed by atoms with Gasteiger partial charge in [-0.25, -0.2) is 9.59 Å². The van der Waals surface area contributed by atoms with Crippen LogP contribution >= 0.6 is 11.6 Å². The van der Waals surface area contributed by atoms with Crippen molar-refractivity contribution in [2.24, 2.45) is 0 Å². The molecular formula is C14H19ClN2O3. The van der Waals surface area contributed by atoms with Crippen molar-refractivity contribution >= 4 is 29.3 Å². The van der Waals surface area contributed by atoms with E-state index in [0.29, 0.717) is 18.8 Å². The number of halogens is 1. The van der Waals surface area contributed by atoms with Gasteiger partial charge < -0.3 is 15.3 Å². The summed E-state index contributed by atoms with van der Waals surface area (Å²) >= 11 is 5.79. The third-order valence-corrected chi connectivity index (χ3v) is 3.05. The van der Waals surface area contributed by atoms with Crippen LogP contribution in [-0.2, 0) is 0 Å². The smallest absolute Gasteiger partial charge is 0.337 e. The molecule has 2 amide bonds. The predicted octanol–water partition coefficient (Wildman–Crippen LogP) is 3.69. The maximum absolute atomic E-state index is 12.1. The Bertz CT molecular complexity index is 485. The van der Waals surface area contributed by atoms with Crippen LogP contribution in [0.2, 0.25) is 5.02 Å². The molecule has 110 valence electrons. The number of hydrogen-bond donors (Lipinski definition) is 2. The third-order valence-electron chi connectivity index (χ3n) is 2.72. The minimum atomic E-state index is -1.12. The number of carboxylic acid groups (broad SMARTS) is 1. The molecule has 0 aliphatic carbocycles. The zero-order valence-corrected chi connectivity index (χ0v) is 12.4. The van der Waals surface area contributed by atoms with Crippen molar-refractivity contribution in [2.75, 3.05) is 18.4 Å². The number of carbonyl (C=O) groups excluding carboxylic acids is 1. The Hall–Kier alpha value is -1.75. The van der Waals surface area contributed by atoms with E-state index in [0.717, 1.165) is 12.8 Å². The van der Waals surface area contributed by atoms with E-state index in [1.54, 1.807) is 11.0 Å². The summed E-state index contributed by atoms with van der Waals surface area (Å²) < 4.78 is 0. The molecule has 0 atom stereocenters. The molecule has 20 heavy (non-hydrogen) atoms. The summed E-state index contributed by atoms with van der Waals surface area (Å²) in [5.74, 6) is -1.12. The van der Waals surface area contributed by atoms with Gasteiger partial charge in [-0.2, -0.15) is 0 Å². The Balaban J connectivity index is 2.84. The fourth-order valence-electron chi connectivity index (χ4n) is 1.82. The van der Waals surface area contributed by atoms with E-state index in [2.05, 4.69) is 5.32 Å². The van der Waals surface area contributed by atoms with Gasteiger partial charge >= 0.3 is 12.0 Å². The van der Waals surface area contributed by atoms with Crippen molar-refractivity contribution in [2.45, 2.75) is 26.7 Å². The van der Waals surface area contributed by atoms with Gasteiger partial charge in [-0.15, -0.1) is 0 Å². The van der Waals surface area contributed by atoms with Crippen LogP contribution in [0.4, 0.5) is 10.5 Å². The number of nitrogens with one attached hydrogen (secondary N) is 1. The lowest BCUT2D eigenvalue weighted by molar-refractivity contribution is 0.0697. The van der Waals surface area contributed by atoms with Crippen molar-refractivity contribution in [3.63, 3.8) is 0 Å². The first-order chi connectivity index (χ1) is 9.49. The molecule has 0 fully saturated rings. The Kier molecular flexibility index (Phi) is 6.31. The molecule has 0 aliphatic heterocycles. The van der Waals surface area contributed by atoms with Crippen LogP contribution in [0.25, 0.3) is 0 Å². The maximum Gasteiger partial charge on any atom is 0.337 e. The largest absolute Gasteiger partial charge is 0.478 e. The first kappa shape index (κ1) is 16.3. The molecule has 0 aromatic heterocycles. The van der Waals surface area contributed by atoms with E-state index in [1.807, 2.05) is 13.8 Å². The van der Waals surface area contributed by atoms with Crippen LogP contribution in [0.1, 0.15) is 37.0 Å². The van der Waals surface area contributed by atoms with E-state index in [4.69, 9.17) is 16.7 Å². The van der Waals surface area contributed by atoms with Crippen molar-refractivity contribution in [1.82, 2.24) is 4.90 Å². The zero-order chi connectivity index (χ0) is 15.1. The van der Waals surface area contributed by atoms with Gasteiger partial charge in [-0.05, 0) is 31.0 Å². The third kappa shape index (κ3) is 4.42. The lowest BCUT2D eigenvalue weighted by Gasteiger charge is -2.22. The second-order valence-corrected chi connectivity index (χ2v) is 4.82. The van der Waals surface area contributed by atoms with Crippen molar-refractivity contribution in [3.8, 4) is 0 Å². The van der Waals surface area contributed by atoms with Gasteiger partial charge in [0.05, 0.1) is 10.6 Å². The van der Waals surface area contributed by atoms with E-state index in [1.165, 1.54) is 12.1 Å². The van der Waals surface area contributed by atoms with Gasteiger partial charge in [-0.1, -0.05) is 25.4 Å². The molecule has 0 saturated heterocycles. The SMILES string of the molecule is CCCN(CCC)C(=O)Nc1ccc(Cl)c(C(=O)O)c1. The minimum absolute atomic E-state index is 0.0259. The standard InChI is InChI=1S/C14H19ClN2O3/c1-3-7-17(8-4-2)14(20)16-10-5-6-12(15)11(9-10)13(18)19/h5-6,9H,3-4,7-8H2,1-2H3,(H,16,20)(H,18,19). The number of anilines is 1. The summed E-state index contributed by atoms with van der Waals surface area (Å²) in [6, 6.07) is 4.18. The molecule has 1 aromatic carbocycles. The average molecular weight is 299 g/mol. The average Bonchev–Trinajstić information content (AvgIpc) is 2.40. The summed E-state index contributed by atoms with van der Waals surface area (Å²) in [5, 5.41) is 11.8. The molecule has 0 spiro atoms. The molecule has 0 heterocycles. The van der Waals surface area contributed by atoms with Gasteiger partial charge in [0.1, 0.15) is 0 Å². The van der Waals surface area contributed by atoms with Crippen LogP contribution in [0.3, 0.4) is 0 Å². The molecule has 0 saturated carbocycles. The number of hydrogen-bond acceptors (Lipinski definition) is 2. The number of carbonyl (C=O) groups is 2. The maximum atomic E-state index is 12.1. The highest BCUT2D eigenvalue weighted by Crippen LogP contribution is 2.20. The van der Waals surface area contributed by atoms with Gasteiger partial charge in [0.2, 0.25) is 0 Å². The van der Waals surface area contributed by atoms with Crippen LogP contribution in [-0.4, -0.2) is 35.1 Å². The molecule has 1 aromatic rings. The van der Waals surface area contributed by atoms with Crippen molar-refractivity contribution < 1.29 is 14.7 Å². The van der Waals surface area contributed by atoms with E-state index in [9.17, 15) is 9.59 Å². The molecule has 6 heteroatoms. The molecule has 5 nitrogen and oxygen atoms in total. The number of carboxylic acids is 1. The number of aromatic carboxylic acids is 1. The quantitative estimate of drug-likeness (QED) is 0.841. The summed E-state index contributed by atoms with van der Waals surface area (Å²) in [6.45, 7) is 5.33. The number of rotatable bonds is 6. The second kappa shape index (κ2) is 7.75. The van der Waals surface area contributed by atoms with Crippen LogP contribution in [0, 0.1) is 0 Å². The van der Waals surface area contributed by atoms with Gasteiger partial charge in [0, 0.05) is 18.8 Å². The molecule has 2 N–H and O–H groups in total. The van der Waals surface area contributed by atoms with E-state index < -0.39 is 5.97 Å². The predicted molar refractivity (Wildman–Crippen MR) is 79.6 cm³/mol. The number of nitrogens with zero attached hydrogens (tertiary/aromatic N) is 1. The summed E-state index contributed by atoms with van der Waals surface area (Å²) in [5.41, 5.74) is 0.399. The Morgan fingerprint density at radius 1 is 1.25 bits per heavy atom. The van der Waals surface area contributed by atoms with Crippen LogP contribution in [0.5, 0.6) is 0 Å². The Labute approximate surface area is 123 Å². The Morgan fingerprint density at radius 3 is 2.35 bits per heavy atom. The molecule has 0 bridgehead atoms. The van der Waals surface area contributed by atoms with Gasteiger partial charge in [0.25, 0.3) is 0 Å². The lowest BCUT2D eigenvalue weighted by Crippen LogP contribution is -2.36. The normalized spacial score (nSPS) is 10.2.